The van der Waals surface area contributed by atoms with Gasteiger partial charge >= 0.3 is 0 Å². The second kappa shape index (κ2) is 5.19. The first-order valence-corrected chi connectivity index (χ1v) is 6.58. The van der Waals surface area contributed by atoms with Crippen molar-refractivity contribution in [2.75, 3.05) is 13.7 Å². The number of aryl methyl sites for hydroxylation is 1. The summed E-state index contributed by atoms with van der Waals surface area (Å²) in [6, 6.07) is 1.96. The van der Waals surface area contributed by atoms with Gasteiger partial charge in [0.25, 0.3) is 0 Å². The molecular weight excluding hydrogens is 250 g/mol. The Labute approximate surface area is 112 Å². The van der Waals surface area contributed by atoms with Crippen molar-refractivity contribution < 1.29 is 9.53 Å². The van der Waals surface area contributed by atoms with Crippen LogP contribution in [0.25, 0.3) is 0 Å². The normalized spacial score (nSPS) is 18.9. The number of benzene rings is 1. The van der Waals surface area contributed by atoms with Crippen molar-refractivity contribution in [3.8, 4) is 5.75 Å². The van der Waals surface area contributed by atoms with Crippen molar-refractivity contribution in [3.63, 3.8) is 0 Å². The summed E-state index contributed by atoms with van der Waals surface area (Å²) in [5, 5.41) is 3.62. The molecule has 0 saturated carbocycles. The minimum Gasteiger partial charge on any atom is -0.496 e. The third-order valence-corrected chi connectivity index (χ3v) is 3.96. The summed E-state index contributed by atoms with van der Waals surface area (Å²) in [6.45, 7) is 4.73. The molecule has 1 fully saturated rings. The van der Waals surface area contributed by atoms with Gasteiger partial charge in [0.15, 0.2) is 0 Å². The molecule has 0 bridgehead atoms. The maximum Gasteiger partial charge on any atom is 0.220 e. The van der Waals surface area contributed by atoms with Crippen LogP contribution in [0.5, 0.6) is 5.75 Å². The van der Waals surface area contributed by atoms with Gasteiger partial charge in [-0.1, -0.05) is 18.5 Å². The number of carbonyl (C=O) groups is 1. The summed E-state index contributed by atoms with van der Waals surface area (Å²) in [5.41, 5.74) is 3.20. The molecule has 0 aromatic heterocycles. The zero-order valence-electron chi connectivity index (χ0n) is 11.0. The monoisotopic (exact) mass is 267 g/mol. The van der Waals surface area contributed by atoms with Crippen molar-refractivity contribution >= 4 is 17.5 Å². The van der Waals surface area contributed by atoms with Gasteiger partial charge in [-0.25, -0.2) is 0 Å². The Morgan fingerprint density at radius 3 is 2.78 bits per heavy atom. The van der Waals surface area contributed by atoms with E-state index < -0.39 is 0 Å². The molecule has 1 aromatic carbocycles. The predicted octanol–water partition coefficient (Wildman–Crippen LogP) is 2.82. The number of carbonyl (C=O) groups excluding carboxylic acids is 1. The second-order valence-electron chi connectivity index (χ2n) is 4.65. The average Bonchev–Trinajstić information content (AvgIpc) is 2.78. The number of amides is 1. The topological polar surface area (TPSA) is 38.3 Å². The van der Waals surface area contributed by atoms with Crippen molar-refractivity contribution in [3.05, 3.63) is 27.8 Å². The van der Waals surface area contributed by atoms with Gasteiger partial charge in [0, 0.05) is 29.5 Å². The lowest BCUT2D eigenvalue weighted by molar-refractivity contribution is -0.119. The van der Waals surface area contributed by atoms with E-state index in [1.165, 1.54) is 0 Å². The fourth-order valence-corrected chi connectivity index (χ4v) is 2.84. The van der Waals surface area contributed by atoms with Crippen molar-refractivity contribution in [2.45, 2.75) is 32.6 Å². The number of hydrogen-bond acceptors (Lipinski definition) is 2. The zero-order valence-corrected chi connectivity index (χ0v) is 11.7. The van der Waals surface area contributed by atoms with Crippen LogP contribution in [0.15, 0.2) is 6.07 Å². The van der Waals surface area contributed by atoms with E-state index in [0.717, 1.165) is 33.9 Å². The number of methoxy groups -OCH3 is 1. The van der Waals surface area contributed by atoms with E-state index >= 15 is 0 Å². The van der Waals surface area contributed by atoms with Crippen LogP contribution in [-0.4, -0.2) is 19.6 Å². The zero-order chi connectivity index (χ0) is 13.3. The van der Waals surface area contributed by atoms with E-state index in [2.05, 4.69) is 12.2 Å². The van der Waals surface area contributed by atoms with Gasteiger partial charge < -0.3 is 10.1 Å². The first kappa shape index (κ1) is 13.2. The van der Waals surface area contributed by atoms with Crippen LogP contribution in [0.1, 0.15) is 36.0 Å². The lowest BCUT2D eigenvalue weighted by Gasteiger charge is -2.20. The maximum absolute atomic E-state index is 11.4. The van der Waals surface area contributed by atoms with E-state index in [1.54, 1.807) is 7.11 Å². The van der Waals surface area contributed by atoms with E-state index in [0.29, 0.717) is 13.0 Å². The number of hydrogen-bond donors (Lipinski definition) is 1. The summed E-state index contributed by atoms with van der Waals surface area (Å²) in [6.07, 6.45) is 1.38. The Morgan fingerprint density at radius 1 is 1.56 bits per heavy atom. The number of rotatable bonds is 3. The largest absolute Gasteiger partial charge is 0.496 e. The summed E-state index contributed by atoms with van der Waals surface area (Å²) >= 11 is 6.28. The molecule has 1 aliphatic rings. The van der Waals surface area contributed by atoms with Crippen LogP contribution in [0.2, 0.25) is 5.02 Å². The second-order valence-corrected chi connectivity index (χ2v) is 5.06. The van der Waals surface area contributed by atoms with Gasteiger partial charge in [0.05, 0.1) is 7.11 Å². The van der Waals surface area contributed by atoms with Crippen molar-refractivity contribution in [1.82, 2.24) is 5.32 Å². The molecule has 1 N–H and O–H groups in total. The Morgan fingerprint density at radius 2 is 2.28 bits per heavy atom. The quantitative estimate of drug-likeness (QED) is 0.915. The van der Waals surface area contributed by atoms with Crippen molar-refractivity contribution in [2.24, 2.45) is 0 Å². The van der Waals surface area contributed by atoms with Crippen LogP contribution in [-0.2, 0) is 11.2 Å². The smallest absolute Gasteiger partial charge is 0.220 e. The highest BCUT2D eigenvalue weighted by molar-refractivity contribution is 6.31. The van der Waals surface area contributed by atoms with E-state index in [1.807, 2.05) is 13.0 Å². The van der Waals surface area contributed by atoms with E-state index in [9.17, 15) is 4.79 Å². The molecule has 1 amide bonds. The number of nitrogens with one attached hydrogen (secondary N) is 1. The van der Waals surface area contributed by atoms with E-state index in [4.69, 9.17) is 16.3 Å². The van der Waals surface area contributed by atoms with Crippen LogP contribution < -0.4 is 10.1 Å². The molecule has 1 heterocycles. The molecule has 4 heteroatoms. The first-order chi connectivity index (χ1) is 8.58. The Kier molecular flexibility index (Phi) is 3.81. The van der Waals surface area contributed by atoms with Gasteiger partial charge in [0.2, 0.25) is 5.91 Å². The fraction of sp³-hybridized carbons (Fsp3) is 0.500. The molecule has 0 radical (unpaired) electrons. The maximum atomic E-state index is 11.4. The highest BCUT2D eigenvalue weighted by atomic mass is 35.5. The summed E-state index contributed by atoms with van der Waals surface area (Å²) in [5.74, 6) is 1.15. The Balaban J connectivity index is 2.55. The van der Waals surface area contributed by atoms with Gasteiger partial charge in [-0.05, 0) is 30.5 Å². The average molecular weight is 268 g/mol. The standard InChI is InChI=1S/C14H18ClNO2/c1-4-9-5-11(15)8(2)13(14(9)18-3)10-6-12(17)16-7-10/h5,10H,4,6-7H2,1-3H3,(H,16,17). The van der Waals surface area contributed by atoms with E-state index in [-0.39, 0.29) is 11.8 Å². The predicted molar refractivity (Wildman–Crippen MR) is 72.5 cm³/mol. The summed E-state index contributed by atoms with van der Waals surface area (Å²) < 4.78 is 5.55. The van der Waals surface area contributed by atoms with Gasteiger partial charge in [-0.15, -0.1) is 0 Å². The first-order valence-electron chi connectivity index (χ1n) is 6.21. The molecule has 18 heavy (non-hydrogen) atoms. The molecule has 1 aliphatic heterocycles. The van der Waals surface area contributed by atoms with Crippen LogP contribution in [0.4, 0.5) is 0 Å². The minimum atomic E-state index is 0.0967. The molecule has 0 aliphatic carbocycles. The SMILES string of the molecule is CCc1cc(Cl)c(C)c(C2CNC(=O)C2)c1OC. The molecule has 2 rings (SSSR count). The summed E-state index contributed by atoms with van der Waals surface area (Å²) in [7, 11) is 1.68. The molecule has 1 saturated heterocycles. The third kappa shape index (κ3) is 2.19. The fourth-order valence-electron chi connectivity index (χ4n) is 2.60. The lowest BCUT2D eigenvalue weighted by Crippen LogP contribution is -2.14. The summed E-state index contributed by atoms with van der Waals surface area (Å²) in [4.78, 5) is 11.4. The molecule has 1 atom stereocenters. The van der Waals surface area contributed by atoms with Crippen LogP contribution in [0.3, 0.4) is 0 Å². The van der Waals surface area contributed by atoms with Gasteiger partial charge in [0.1, 0.15) is 5.75 Å². The molecule has 3 nitrogen and oxygen atoms in total. The molecule has 98 valence electrons. The molecule has 1 unspecified atom stereocenters. The molecular formula is C14H18ClNO2. The highest BCUT2D eigenvalue weighted by Crippen LogP contribution is 2.39. The van der Waals surface area contributed by atoms with Crippen molar-refractivity contribution in [1.29, 1.82) is 0 Å². The highest BCUT2D eigenvalue weighted by Gasteiger charge is 2.29. The van der Waals surface area contributed by atoms with Crippen LogP contribution in [0, 0.1) is 6.92 Å². The molecule has 0 spiro atoms. The Bertz CT molecular complexity index is 485. The lowest BCUT2D eigenvalue weighted by atomic mass is 9.90. The van der Waals surface area contributed by atoms with Gasteiger partial charge in [-0.2, -0.15) is 0 Å². The number of halogens is 1. The minimum absolute atomic E-state index is 0.0967. The Hall–Kier alpha value is -1.22. The third-order valence-electron chi connectivity index (χ3n) is 3.57. The van der Waals surface area contributed by atoms with Crippen LogP contribution >= 0.6 is 11.6 Å². The van der Waals surface area contributed by atoms with Gasteiger partial charge in [-0.3, -0.25) is 4.79 Å². The molecule has 1 aromatic rings. The number of ether oxygens (including phenoxy) is 1.